The molecule has 0 fully saturated rings. The molecule has 22 heavy (non-hydrogen) atoms. The molecular formula is C14H17F3N2O3. The third-order valence-electron chi connectivity index (χ3n) is 2.91. The second-order valence-electron chi connectivity index (χ2n) is 4.81. The predicted octanol–water partition coefficient (Wildman–Crippen LogP) is 3.12. The van der Waals surface area contributed by atoms with E-state index in [4.69, 9.17) is 5.11 Å². The zero-order valence-corrected chi connectivity index (χ0v) is 12.0. The number of nitrogens with zero attached hydrogens (tertiary/aromatic N) is 1. The smallest absolute Gasteiger partial charge is 0.389 e. The molecule has 2 amide bonds. The second-order valence-corrected chi connectivity index (χ2v) is 4.81. The third-order valence-corrected chi connectivity index (χ3v) is 2.91. The summed E-state index contributed by atoms with van der Waals surface area (Å²) in [6.07, 6.45) is -5.37. The molecule has 2 N–H and O–H groups in total. The van der Waals surface area contributed by atoms with E-state index in [9.17, 15) is 22.8 Å². The van der Waals surface area contributed by atoms with Gasteiger partial charge in [0.25, 0.3) is 0 Å². The van der Waals surface area contributed by atoms with E-state index < -0.39 is 24.6 Å². The molecule has 8 heteroatoms. The zero-order chi connectivity index (χ0) is 16.8. The zero-order valence-electron chi connectivity index (χ0n) is 12.0. The van der Waals surface area contributed by atoms with Crippen molar-refractivity contribution < 1.29 is 27.9 Å². The maximum atomic E-state index is 12.1. The highest BCUT2D eigenvalue weighted by atomic mass is 19.4. The van der Waals surface area contributed by atoms with Gasteiger partial charge in [-0.05, 0) is 24.1 Å². The first-order chi connectivity index (χ1) is 10.2. The third kappa shape index (κ3) is 6.96. The van der Waals surface area contributed by atoms with Crippen molar-refractivity contribution >= 4 is 17.7 Å². The average Bonchev–Trinajstić information content (AvgIpc) is 2.43. The SMILES string of the molecule is CN(CCC(=O)O)C(=O)Nc1ccc(CCC(F)(F)F)cc1. The van der Waals surface area contributed by atoms with E-state index in [1.165, 1.54) is 36.2 Å². The van der Waals surface area contributed by atoms with Gasteiger partial charge in [0.15, 0.2) is 0 Å². The number of anilines is 1. The summed E-state index contributed by atoms with van der Waals surface area (Å²) >= 11 is 0. The molecule has 5 nitrogen and oxygen atoms in total. The van der Waals surface area contributed by atoms with Crippen molar-refractivity contribution in [3.63, 3.8) is 0 Å². The molecule has 0 heterocycles. The number of urea groups is 1. The van der Waals surface area contributed by atoms with Gasteiger partial charge < -0.3 is 15.3 Å². The maximum absolute atomic E-state index is 12.1. The summed E-state index contributed by atoms with van der Waals surface area (Å²) in [6, 6.07) is 5.56. The molecule has 0 spiro atoms. The number of nitrogens with one attached hydrogen (secondary N) is 1. The highest BCUT2D eigenvalue weighted by Gasteiger charge is 2.26. The number of alkyl halides is 3. The lowest BCUT2D eigenvalue weighted by Gasteiger charge is -2.17. The Kier molecular flexibility index (Phi) is 6.21. The highest BCUT2D eigenvalue weighted by molar-refractivity contribution is 5.89. The molecule has 0 radical (unpaired) electrons. The number of hydrogen-bond donors (Lipinski definition) is 2. The van der Waals surface area contributed by atoms with Crippen LogP contribution in [-0.2, 0) is 11.2 Å². The van der Waals surface area contributed by atoms with Gasteiger partial charge in [0, 0.05) is 25.7 Å². The molecule has 1 aromatic rings. The van der Waals surface area contributed by atoms with Crippen LogP contribution in [0.5, 0.6) is 0 Å². The van der Waals surface area contributed by atoms with Gasteiger partial charge in [-0.2, -0.15) is 13.2 Å². The topological polar surface area (TPSA) is 69.6 Å². The number of aryl methyl sites for hydroxylation is 1. The molecule has 0 bridgehead atoms. The number of rotatable bonds is 6. The van der Waals surface area contributed by atoms with Gasteiger partial charge in [-0.15, -0.1) is 0 Å². The Labute approximate surface area is 125 Å². The lowest BCUT2D eigenvalue weighted by atomic mass is 10.1. The molecule has 0 aliphatic rings. The van der Waals surface area contributed by atoms with Crippen molar-refractivity contribution in [2.24, 2.45) is 0 Å². The fourth-order valence-corrected chi connectivity index (χ4v) is 1.62. The number of benzene rings is 1. The fourth-order valence-electron chi connectivity index (χ4n) is 1.62. The van der Waals surface area contributed by atoms with Crippen LogP contribution in [0, 0.1) is 0 Å². The van der Waals surface area contributed by atoms with Gasteiger partial charge in [-0.1, -0.05) is 12.1 Å². The van der Waals surface area contributed by atoms with Crippen molar-refractivity contribution in [1.82, 2.24) is 4.90 Å². The lowest BCUT2D eigenvalue weighted by Crippen LogP contribution is -2.33. The minimum atomic E-state index is -4.19. The van der Waals surface area contributed by atoms with Crippen LogP contribution < -0.4 is 5.32 Å². The summed E-state index contributed by atoms with van der Waals surface area (Å²) < 4.78 is 36.3. The van der Waals surface area contributed by atoms with Crippen molar-refractivity contribution in [2.75, 3.05) is 18.9 Å². The largest absolute Gasteiger partial charge is 0.481 e. The normalized spacial score (nSPS) is 11.1. The number of aliphatic carboxylic acids is 1. The molecule has 0 aliphatic carbocycles. The van der Waals surface area contributed by atoms with Crippen molar-refractivity contribution in [3.05, 3.63) is 29.8 Å². The quantitative estimate of drug-likeness (QED) is 0.846. The second kappa shape index (κ2) is 7.67. The van der Waals surface area contributed by atoms with E-state index in [-0.39, 0.29) is 19.4 Å². The van der Waals surface area contributed by atoms with Crippen LogP contribution in [0.4, 0.5) is 23.7 Å². The number of halogens is 3. The van der Waals surface area contributed by atoms with E-state index in [1.54, 1.807) is 0 Å². The summed E-state index contributed by atoms with van der Waals surface area (Å²) in [6.45, 7) is 0.0604. The van der Waals surface area contributed by atoms with Gasteiger partial charge in [0.05, 0.1) is 6.42 Å². The van der Waals surface area contributed by atoms with Crippen LogP contribution >= 0.6 is 0 Å². The van der Waals surface area contributed by atoms with E-state index in [0.29, 0.717) is 11.3 Å². The minimum Gasteiger partial charge on any atom is -0.481 e. The van der Waals surface area contributed by atoms with Crippen LogP contribution in [0.15, 0.2) is 24.3 Å². The average molecular weight is 318 g/mol. The number of hydrogen-bond acceptors (Lipinski definition) is 2. The van der Waals surface area contributed by atoms with Crippen LogP contribution in [0.3, 0.4) is 0 Å². The molecule has 1 aromatic carbocycles. The molecule has 0 unspecified atom stereocenters. The fraction of sp³-hybridized carbons (Fsp3) is 0.429. The number of carboxylic acid groups (broad SMARTS) is 1. The molecule has 0 aromatic heterocycles. The molecule has 0 aliphatic heterocycles. The van der Waals surface area contributed by atoms with Gasteiger partial charge in [0.2, 0.25) is 0 Å². The van der Waals surface area contributed by atoms with Crippen LogP contribution in [0.2, 0.25) is 0 Å². The summed E-state index contributed by atoms with van der Waals surface area (Å²) in [5.41, 5.74) is 0.956. The standard InChI is InChI=1S/C14H17F3N2O3/c1-19(9-7-12(20)21)13(22)18-11-4-2-10(3-5-11)6-8-14(15,16)17/h2-5H,6-9H2,1H3,(H,18,22)(H,20,21). The van der Waals surface area contributed by atoms with Crippen LogP contribution in [0.25, 0.3) is 0 Å². The Morgan fingerprint density at radius 2 is 1.82 bits per heavy atom. The van der Waals surface area contributed by atoms with E-state index >= 15 is 0 Å². The summed E-state index contributed by atoms with van der Waals surface area (Å²) in [4.78, 5) is 23.4. The van der Waals surface area contributed by atoms with Crippen molar-refractivity contribution in [3.8, 4) is 0 Å². The Bertz CT molecular complexity index is 515. The minimum absolute atomic E-state index is 0.0604. The monoisotopic (exact) mass is 318 g/mol. The van der Waals surface area contributed by atoms with Crippen molar-refractivity contribution in [1.29, 1.82) is 0 Å². The molecule has 0 saturated carbocycles. The highest BCUT2D eigenvalue weighted by Crippen LogP contribution is 2.22. The van der Waals surface area contributed by atoms with Gasteiger partial charge in [0.1, 0.15) is 0 Å². The Morgan fingerprint density at radius 3 is 2.32 bits per heavy atom. The molecule has 1 rings (SSSR count). The number of carbonyl (C=O) groups excluding carboxylic acids is 1. The van der Waals surface area contributed by atoms with Gasteiger partial charge >= 0.3 is 18.2 Å². The summed E-state index contributed by atoms with van der Waals surface area (Å²) in [7, 11) is 1.45. The van der Waals surface area contributed by atoms with E-state index in [1.807, 2.05) is 0 Å². The first-order valence-corrected chi connectivity index (χ1v) is 6.57. The number of carbonyl (C=O) groups is 2. The van der Waals surface area contributed by atoms with Gasteiger partial charge in [-0.3, -0.25) is 4.79 Å². The molecule has 0 saturated heterocycles. The van der Waals surface area contributed by atoms with Crippen LogP contribution in [0.1, 0.15) is 18.4 Å². The number of amides is 2. The number of carboxylic acids is 1. The summed E-state index contributed by atoms with van der Waals surface area (Å²) in [5.74, 6) is -1.01. The molecule has 122 valence electrons. The Morgan fingerprint density at radius 1 is 1.23 bits per heavy atom. The van der Waals surface area contributed by atoms with Gasteiger partial charge in [-0.25, -0.2) is 4.79 Å². The molecular weight excluding hydrogens is 301 g/mol. The van der Waals surface area contributed by atoms with E-state index in [0.717, 1.165) is 0 Å². The maximum Gasteiger partial charge on any atom is 0.389 e. The van der Waals surface area contributed by atoms with Crippen molar-refractivity contribution in [2.45, 2.75) is 25.4 Å². The summed E-state index contributed by atoms with van der Waals surface area (Å²) in [5, 5.41) is 11.1. The first kappa shape index (κ1) is 17.8. The Balaban J connectivity index is 2.49. The first-order valence-electron chi connectivity index (χ1n) is 6.57. The van der Waals surface area contributed by atoms with E-state index in [2.05, 4.69) is 5.32 Å². The van der Waals surface area contributed by atoms with Crippen LogP contribution in [-0.4, -0.2) is 41.8 Å². The molecule has 0 atom stereocenters. The lowest BCUT2D eigenvalue weighted by molar-refractivity contribution is -0.137. The predicted molar refractivity (Wildman–Crippen MR) is 74.7 cm³/mol. The Hall–Kier alpha value is -2.25.